The molecule has 0 fully saturated rings. The van der Waals surface area contributed by atoms with Gasteiger partial charge < -0.3 is 15.3 Å². The lowest BCUT2D eigenvalue weighted by molar-refractivity contribution is 0.0827. The van der Waals surface area contributed by atoms with Crippen molar-refractivity contribution < 1.29 is 9.90 Å². The van der Waals surface area contributed by atoms with Gasteiger partial charge in [-0.25, -0.2) is 4.99 Å². The third kappa shape index (κ3) is 7.54. The highest BCUT2D eigenvalue weighted by atomic mass is 32.2. The van der Waals surface area contributed by atoms with Gasteiger partial charge in [0.1, 0.15) is 5.82 Å². The number of carbonyl (C=O) groups excluding carboxylic acids is 1. The van der Waals surface area contributed by atoms with E-state index in [0.29, 0.717) is 11.4 Å². The highest BCUT2D eigenvalue weighted by Gasteiger charge is 2.07. The number of carbonyl (C=O) groups is 1. The molecule has 0 aliphatic carbocycles. The van der Waals surface area contributed by atoms with Gasteiger partial charge in [0.05, 0.1) is 0 Å². The molecule has 0 heterocycles. The Morgan fingerprint density at radius 2 is 1.77 bits per heavy atom. The van der Waals surface area contributed by atoms with E-state index in [9.17, 15) is 4.79 Å². The van der Waals surface area contributed by atoms with E-state index in [4.69, 9.17) is 5.11 Å². The van der Waals surface area contributed by atoms with Crippen LogP contribution in [0.1, 0.15) is 29.3 Å². The van der Waals surface area contributed by atoms with Crippen molar-refractivity contribution in [1.82, 2.24) is 4.90 Å². The van der Waals surface area contributed by atoms with Crippen LogP contribution >= 0.6 is 11.8 Å². The highest BCUT2D eigenvalue weighted by Crippen LogP contribution is 2.22. The van der Waals surface area contributed by atoms with Gasteiger partial charge >= 0.3 is 0 Å². The number of aliphatic hydroxyl groups excluding tert-OH is 1. The van der Waals surface area contributed by atoms with Crippen molar-refractivity contribution in [3.8, 4) is 0 Å². The van der Waals surface area contributed by atoms with Gasteiger partial charge in [-0.1, -0.05) is 18.7 Å². The summed E-state index contributed by atoms with van der Waals surface area (Å²) in [6.07, 6.45) is 4.47. The molecule has 0 atom stereocenters. The lowest BCUT2D eigenvalue weighted by atomic mass is 10.1. The Morgan fingerprint density at radius 1 is 1.13 bits per heavy atom. The van der Waals surface area contributed by atoms with Crippen LogP contribution in [0.4, 0.5) is 5.69 Å². The molecule has 158 valence electrons. The Balaban J connectivity index is 1.89. The first kappa shape index (κ1) is 23.4. The van der Waals surface area contributed by atoms with E-state index < -0.39 is 0 Å². The van der Waals surface area contributed by atoms with Crippen LogP contribution < -0.4 is 5.32 Å². The Labute approximate surface area is 183 Å². The number of allylic oxidation sites excluding steroid dienone is 2. The summed E-state index contributed by atoms with van der Waals surface area (Å²) in [6, 6.07) is 15.6. The van der Waals surface area contributed by atoms with Crippen LogP contribution in [-0.2, 0) is 0 Å². The first-order valence-electron chi connectivity index (χ1n) is 9.73. The minimum atomic E-state index is -0.0317. The minimum Gasteiger partial charge on any atom is -0.396 e. The molecule has 0 radical (unpaired) electrons. The lowest BCUT2D eigenvalue weighted by Gasteiger charge is -2.11. The van der Waals surface area contributed by atoms with Crippen LogP contribution in [-0.4, -0.2) is 48.6 Å². The summed E-state index contributed by atoms with van der Waals surface area (Å²) in [5, 5.41) is 12.0. The molecule has 6 heteroatoms. The summed E-state index contributed by atoms with van der Waals surface area (Å²) in [5.41, 5.74) is 3.69. The summed E-state index contributed by atoms with van der Waals surface area (Å²) in [6.45, 7) is 6.19. The second-order valence-electron chi connectivity index (χ2n) is 6.93. The molecule has 0 aromatic heterocycles. The topological polar surface area (TPSA) is 64.9 Å². The number of hydrogen-bond acceptors (Lipinski definition) is 5. The zero-order chi connectivity index (χ0) is 21.9. The molecule has 0 aliphatic rings. The standard InChI is InChI=1S/C24H29N3O2S/c1-18(20-8-12-23(13-9-20)30-17-5-16-28)14-15-25-19(2)26-22-10-6-21(7-11-22)24(29)27(3)4/h6-15,26,28H,2,5,16-17H2,1,3-4H3/b18-14+,25-15-. The SMILES string of the molecule is C=C(/N=C\C=C(/C)c1ccc(SCCCO)cc1)Nc1ccc(C(=O)N(C)C)cc1. The van der Waals surface area contributed by atoms with Crippen LogP contribution in [0.25, 0.3) is 5.57 Å². The maximum absolute atomic E-state index is 11.9. The maximum atomic E-state index is 11.9. The molecule has 0 spiro atoms. The summed E-state index contributed by atoms with van der Waals surface area (Å²) in [4.78, 5) is 19.0. The summed E-state index contributed by atoms with van der Waals surface area (Å²) < 4.78 is 0. The lowest BCUT2D eigenvalue weighted by Crippen LogP contribution is -2.21. The number of nitrogens with one attached hydrogen (secondary N) is 1. The predicted molar refractivity (Wildman–Crippen MR) is 128 cm³/mol. The van der Waals surface area contributed by atoms with Gasteiger partial charge in [0.2, 0.25) is 0 Å². The van der Waals surface area contributed by atoms with E-state index in [0.717, 1.165) is 29.0 Å². The molecular formula is C24H29N3O2S. The Bertz CT molecular complexity index is 901. The average molecular weight is 424 g/mol. The molecule has 2 N–H and O–H groups in total. The monoisotopic (exact) mass is 423 g/mol. The molecule has 0 unspecified atom stereocenters. The second kappa shape index (κ2) is 12.0. The fourth-order valence-corrected chi connectivity index (χ4v) is 3.39. The fourth-order valence-electron chi connectivity index (χ4n) is 2.56. The molecule has 1 amide bonds. The number of rotatable bonds is 10. The Kier molecular flexibility index (Phi) is 9.38. The summed E-state index contributed by atoms with van der Waals surface area (Å²) in [7, 11) is 3.46. The van der Waals surface area contributed by atoms with Crippen LogP contribution in [0, 0.1) is 0 Å². The molecule has 30 heavy (non-hydrogen) atoms. The smallest absolute Gasteiger partial charge is 0.253 e. The Morgan fingerprint density at radius 3 is 2.37 bits per heavy atom. The van der Waals surface area contributed by atoms with Crippen molar-refractivity contribution >= 4 is 35.1 Å². The Hall–Kier alpha value is -2.83. The molecule has 0 bridgehead atoms. The molecule has 5 nitrogen and oxygen atoms in total. The zero-order valence-corrected chi connectivity index (χ0v) is 18.6. The molecule has 0 saturated carbocycles. The number of aliphatic imine (C=N–C) groups is 1. The number of amides is 1. The van der Waals surface area contributed by atoms with Crippen LogP contribution in [0.15, 0.2) is 76.9 Å². The average Bonchev–Trinajstić information content (AvgIpc) is 2.74. The second-order valence-corrected chi connectivity index (χ2v) is 8.09. The van der Waals surface area contributed by atoms with E-state index in [2.05, 4.69) is 41.2 Å². The van der Waals surface area contributed by atoms with E-state index in [1.807, 2.05) is 25.1 Å². The van der Waals surface area contributed by atoms with Gasteiger partial charge in [0, 0.05) is 48.8 Å². The van der Waals surface area contributed by atoms with Crippen molar-refractivity contribution in [3.05, 3.63) is 78.1 Å². The van der Waals surface area contributed by atoms with Crippen molar-refractivity contribution in [2.75, 3.05) is 31.8 Å². The number of benzene rings is 2. The summed E-state index contributed by atoms with van der Waals surface area (Å²) in [5.74, 6) is 1.40. The van der Waals surface area contributed by atoms with Gasteiger partial charge in [-0.15, -0.1) is 11.8 Å². The third-order valence-electron chi connectivity index (χ3n) is 4.26. The van der Waals surface area contributed by atoms with Gasteiger partial charge in [-0.3, -0.25) is 4.79 Å². The minimum absolute atomic E-state index is 0.0317. The van der Waals surface area contributed by atoms with Crippen molar-refractivity contribution in [1.29, 1.82) is 0 Å². The first-order chi connectivity index (χ1) is 14.4. The van der Waals surface area contributed by atoms with Crippen LogP contribution in [0.5, 0.6) is 0 Å². The number of aliphatic hydroxyl groups is 1. The van der Waals surface area contributed by atoms with Crippen LogP contribution in [0.2, 0.25) is 0 Å². The largest absolute Gasteiger partial charge is 0.396 e. The van der Waals surface area contributed by atoms with Crippen molar-refractivity contribution in [3.63, 3.8) is 0 Å². The van der Waals surface area contributed by atoms with E-state index in [1.165, 1.54) is 4.90 Å². The van der Waals surface area contributed by atoms with E-state index in [-0.39, 0.29) is 12.5 Å². The molecule has 2 aromatic rings. The van der Waals surface area contributed by atoms with E-state index >= 15 is 0 Å². The van der Waals surface area contributed by atoms with Gasteiger partial charge in [-0.05, 0) is 67.0 Å². The van der Waals surface area contributed by atoms with Crippen molar-refractivity contribution in [2.45, 2.75) is 18.2 Å². The molecule has 0 saturated heterocycles. The molecule has 2 rings (SSSR count). The number of nitrogens with zero attached hydrogens (tertiary/aromatic N) is 2. The fraction of sp³-hybridized carbons (Fsp3) is 0.250. The maximum Gasteiger partial charge on any atom is 0.253 e. The molecular weight excluding hydrogens is 394 g/mol. The first-order valence-corrected chi connectivity index (χ1v) is 10.7. The molecule has 2 aromatic carbocycles. The van der Waals surface area contributed by atoms with E-state index in [1.54, 1.807) is 49.1 Å². The van der Waals surface area contributed by atoms with Crippen molar-refractivity contribution in [2.24, 2.45) is 4.99 Å². The quantitative estimate of drug-likeness (QED) is 0.323. The normalized spacial score (nSPS) is 11.5. The van der Waals surface area contributed by atoms with Gasteiger partial charge in [0.25, 0.3) is 5.91 Å². The number of anilines is 1. The number of hydrogen-bond donors (Lipinski definition) is 2. The van der Waals surface area contributed by atoms with Gasteiger partial charge in [-0.2, -0.15) is 0 Å². The third-order valence-corrected chi connectivity index (χ3v) is 5.36. The van der Waals surface area contributed by atoms with Crippen LogP contribution in [0.3, 0.4) is 0 Å². The predicted octanol–water partition coefficient (Wildman–Crippen LogP) is 4.92. The zero-order valence-electron chi connectivity index (χ0n) is 17.8. The highest BCUT2D eigenvalue weighted by molar-refractivity contribution is 7.99. The van der Waals surface area contributed by atoms with Gasteiger partial charge in [0.15, 0.2) is 0 Å². The summed E-state index contributed by atoms with van der Waals surface area (Å²) >= 11 is 1.75. The number of thioether (sulfide) groups is 1. The molecule has 0 aliphatic heterocycles.